The van der Waals surface area contributed by atoms with Crippen molar-refractivity contribution >= 4 is 5.78 Å². The topological polar surface area (TPSA) is 17.1 Å². The van der Waals surface area contributed by atoms with E-state index in [0.29, 0.717) is 0 Å². The highest BCUT2D eigenvalue weighted by atomic mass is 16.1. The standard InChI is InChI=1S/C21H22O.C13H18.C2H6/c1-3-4-8-16-13-14-20(22)21(15(16)2)19-12-7-10-17-9-5-6-11-18(17)19;1-11-7-9-13(10-8-11)12-5-3-2-4-6-12;1-2/h3-6,8-9,11,13-14,19,21H,2,7,10,12H2,1H3;7-10,12H,2-6H2,1H3;1-2H3/b4-3-,16-8-;;/t19-,21?;;/m1../s1. The summed E-state index contributed by atoms with van der Waals surface area (Å²) in [5.41, 5.74) is 7.71. The molecule has 2 aromatic carbocycles. The number of benzene rings is 2. The summed E-state index contributed by atoms with van der Waals surface area (Å²) in [6.07, 6.45) is 20.1. The van der Waals surface area contributed by atoms with Gasteiger partial charge in [-0.3, -0.25) is 4.79 Å². The van der Waals surface area contributed by atoms with Crippen LogP contribution in [0.1, 0.15) is 99.8 Å². The Bertz CT molecular complexity index is 1110. The zero-order valence-corrected chi connectivity index (χ0v) is 23.5. The van der Waals surface area contributed by atoms with Gasteiger partial charge in [0.15, 0.2) is 5.78 Å². The number of hydrogen-bond acceptors (Lipinski definition) is 1. The first-order valence-electron chi connectivity index (χ1n) is 14.5. The lowest BCUT2D eigenvalue weighted by atomic mass is 9.69. The van der Waals surface area contributed by atoms with Crippen molar-refractivity contribution in [3.8, 4) is 0 Å². The smallest absolute Gasteiger partial charge is 0.163 e. The molecule has 37 heavy (non-hydrogen) atoms. The Morgan fingerprint density at radius 2 is 1.57 bits per heavy atom. The Kier molecular flexibility index (Phi) is 11.4. The normalized spacial score (nSPS) is 22.6. The van der Waals surface area contributed by atoms with Gasteiger partial charge < -0.3 is 0 Å². The van der Waals surface area contributed by atoms with Crippen molar-refractivity contribution in [3.63, 3.8) is 0 Å². The Labute approximate surface area is 226 Å². The molecule has 0 aliphatic heterocycles. The average Bonchev–Trinajstić information content (AvgIpc) is 2.95. The minimum absolute atomic E-state index is 0.108. The number of hydrogen-bond donors (Lipinski definition) is 0. The third-order valence-corrected chi connectivity index (χ3v) is 7.92. The molecule has 0 bridgehead atoms. The van der Waals surface area contributed by atoms with Crippen LogP contribution in [-0.4, -0.2) is 5.78 Å². The van der Waals surface area contributed by atoms with Gasteiger partial charge in [0.1, 0.15) is 0 Å². The van der Waals surface area contributed by atoms with E-state index in [1.54, 1.807) is 11.6 Å². The summed E-state index contributed by atoms with van der Waals surface area (Å²) in [4.78, 5) is 12.5. The van der Waals surface area contributed by atoms with E-state index in [2.05, 4.69) is 62.0 Å². The molecule has 2 atom stereocenters. The second-order valence-corrected chi connectivity index (χ2v) is 10.3. The van der Waals surface area contributed by atoms with Crippen LogP contribution >= 0.6 is 0 Å². The van der Waals surface area contributed by atoms with Gasteiger partial charge in [0.2, 0.25) is 0 Å². The number of aryl methyl sites for hydroxylation is 2. The highest BCUT2D eigenvalue weighted by Gasteiger charge is 2.35. The highest BCUT2D eigenvalue weighted by Crippen LogP contribution is 2.43. The van der Waals surface area contributed by atoms with Gasteiger partial charge in [-0.25, -0.2) is 0 Å². The summed E-state index contributed by atoms with van der Waals surface area (Å²) in [5, 5.41) is 0. The lowest BCUT2D eigenvalue weighted by Gasteiger charge is -2.34. The molecule has 0 aromatic heterocycles. The third kappa shape index (κ3) is 7.54. The molecule has 1 nitrogen and oxygen atoms in total. The fraction of sp³-hybridized carbons (Fsp3) is 0.417. The van der Waals surface area contributed by atoms with E-state index in [9.17, 15) is 4.79 Å². The molecule has 5 rings (SSSR count). The van der Waals surface area contributed by atoms with Crippen LogP contribution in [0.3, 0.4) is 0 Å². The summed E-state index contributed by atoms with van der Waals surface area (Å²) in [7, 11) is 0. The Morgan fingerprint density at radius 1 is 0.865 bits per heavy atom. The van der Waals surface area contributed by atoms with Crippen molar-refractivity contribution in [2.45, 2.75) is 90.9 Å². The van der Waals surface area contributed by atoms with Gasteiger partial charge in [-0.15, -0.1) is 0 Å². The van der Waals surface area contributed by atoms with E-state index in [1.165, 1.54) is 48.8 Å². The minimum Gasteiger partial charge on any atom is -0.294 e. The predicted octanol–water partition coefficient (Wildman–Crippen LogP) is 9.99. The second kappa shape index (κ2) is 14.7. The minimum atomic E-state index is -0.108. The van der Waals surface area contributed by atoms with E-state index in [4.69, 9.17) is 0 Å². The zero-order chi connectivity index (χ0) is 26.6. The first-order chi connectivity index (χ1) is 18.1. The molecular weight excluding hydrogens is 448 g/mol. The first-order valence-corrected chi connectivity index (χ1v) is 14.5. The van der Waals surface area contributed by atoms with Crippen molar-refractivity contribution in [2.24, 2.45) is 5.92 Å². The van der Waals surface area contributed by atoms with Crippen molar-refractivity contribution in [1.82, 2.24) is 0 Å². The molecule has 2 aromatic rings. The number of rotatable bonds is 3. The third-order valence-electron chi connectivity index (χ3n) is 7.92. The molecule has 1 unspecified atom stereocenters. The van der Waals surface area contributed by atoms with Crippen LogP contribution in [0.4, 0.5) is 0 Å². The summed E-state index contributed by atoms with van der Waals surface area (Å²) in [6.45, 7) is 12.4. The van der Waals surface area contributed by atoms with Crippen LogP contribution in [0.15, 0.2) is 96.6 Å². The summed E-state index contributed by atoms with van der Waals surface area (Å²) in [5.74, 6) is 1.21. The van der Waals surface area contributed by atoms with Gasteiger partial charge in [0, 0.05) is 0 Å². The number of ketones is 1. The van der Waals surface area contributed by atoms with Crippen LogP contribution in [-0.2, 0) is 11.2 Å². The van der Waals surface area contributed by atoms with E-state index >= 15 is 0 Å². The Balaban J connectivity index is 0.000000216. The zero-order valence-electron chi connectivity index (χ0n) is 23.5. The average molecular weight is 495 g/mol. The molecule has 196 valence electrons. The van der Waals surface area contributed by atoms with Crippen LogP contribution in [0, 0.1) is 12.8 Å². The monoisotopic (exact) mass is 494 g/mol. The fourth-order valence-corrected chi connectivity index (χ4v) is 5.95. The molecule has 0 saturated heterocycles. The maximum atomic E-state index is 12.5. The molecular formula is C36H46O. The Morgan fingerprint density at radius 3 is 2.27 bits per heavy atom. The van der Waals surface area contributed by atoms with E-state index in [1.807, 2.05) is 45.1 Å². The first kappa shape index (κ1) is 28.6. The molecule has 3 aliphatic carbocycles. The molecule has 3 aliphatic rings. The predicted molar refractivity (Wildman–Crippen MR) is 160 cm³/mol. The largest absolute Gasteiger partial charge is 0.294 e. The number of fused-ring (bicyclic) bond motifs is 1. The Hall–Kier alpha value is -2.93. The van der Waals surface area contributed by atoms with Gasteiger partial charge in [-0.05, 0) is 91.7 Å². The molecule has 0 amide bonds. The lowest BCUT2D eigenvalue weighted by molar-refractivity contribution is -0.118. The molecule has 1 fully saturated rings. The number of allylic oxidation sites excluding steroid dienone is 7. The highest BCUT2D eigenvalue weighted by molar-refractivity contribution is 5.98. The maximum absolute atomic E-state index is 12.5. The SMILES string of the molecule is C=C1/C(=C\C=C/C)C=CC(=O)C1[C@@H]1CCCc2ccccc21.CC.Cc1ccc(C2CCCCC2)cc1. The molecule has 0 spiro atoms. The van der Waals surface area contributed by atoms with Crippen LogP contribution in [0.25, 0.3) is 0 Å². The van der Waals surface area contributed by atoms with Gasteiger partial charge >= 0.3 is 0 Å². The quantitative estimate of drug-likeness (QED) is 0.415. The van der Waals surface area contributed by atoms with Gasteiger partial charge in [0.25, 0.3) is 0 Å². The number of carbonyl (C=O) groups excluding carboxylic acids is 1. The van der Waals surface area contributed by atoms with Gasteiger partial charge in [0.05, 0.1) is 5.92 Å². The van der Waals surface area contributed by atoms with E-state index in [-0.39, 0.29) is 17.6 Å². The van der Waals surface area contributed by atoms with Crippen LogP contribution in [0.5, 0.6) is 0 Å². The van der Waals surface area contributed by atoms with Crippen LogP contribution < -0.4 is 0 Å². The summed E-state index contributed by atoms with van der Waals surface area (Å²) < 4.78 is 0. The fourth-order valence-electron chi connectivity index (χ4n) is 5.95. The van der Waals surface area contributed by atoms with Crippen molar-refractivity contribution < 1.29 is 4.79 Å². The van der Waals surface area contributed by atoms with E-state index < -0.39 is 0 Å². The van der Waals surface area contributed by atoms with Gasteiger partial charge in [-0.1, -0.05) is 118 Å². The van der Waals surface area contributed by atoms with Crippen molar-refractivity contribution in [3.05, 3.63) is 119 Å². The molecule has 1 heteroatoms. The maximum Gasteiger partial charge on any atom is 0.163 e. The molecule has 0 radical (unpaired) electrons. The molecule has 1 saturated carbocycles. The van der Waals surface area contributed by atoms with Gasteiger partial charge in [-0.2, -0.15) is 0 Å². The molecule has 0 N–H and O–H groups in total. The van der Waals surface area contributed by atoms with Crippen molar-refractivity contribution in [1.29, 1.82) is 0 Å². The summed E-state index contributed by atoms with van der Waals surface area (Å²) in [6, 6.07) is 17.7. The van der Waals surface area contributed by atoms with E-state index in [0.717, 1.165) is 36.3 Å². The summed E-state index contributed by atoms with van der Waals surface area (Å²) >= 11 is 0. The van der Waals surface area contributed by atoms with Crippen molar-refractivity contribution in [2.75, 3.05) is 0 Å². The second-order valence-electron chi connectivity index (χ2n) is 10.3. The number of carbonyl (C=O) groups is 1. The lowest BCUT2D eigenvalue weighted by Crippen LogP contribution is -2.28. The van der Waals surface area contributed by atoms with Crippen LogP contribution in [0.2, 0.25) is 0 Å². The molecule has 0 heterocycles.